The molecule has 1 saturated carbocycles. The van der Waals surface area contributed by atoms with E-state index in [2.05, 4.69) is 33.5 Å². The zero-order valence-corrected chi connectivity index (χ0v) is 9.83. The quantitative estimate of drug-likeness (QED) is 0.500. The monoisotopic (exact) mass is 268 g/mol. The van der Waals surface area contributed by atoms with Crippen molar-refractivity contribution in [2.24, 2.45) is 11.8 Å². The minimum Gasteiger partial charge on any atom is -0.294 e. The number of amides is 1. The molecule has 0 bridgehead atoms. The minimum absolute atomic E-state index is 0.0698. The number of halogens is 1. The summed E-state index contributed by atoms with van der Waals surface area (Å²) in [7, 11) is 0. The zero-order valence-electron chi connectivity index (χ0n) is 8.24. The summed E-state index contributed by atoms with van der Waals surface area (Å²) in [5.41, 5.74) is 3.48. The van der Waals surface area contributed by atoms with Gasteiger partial charge in [-0.2, -0.15) is 0 Å². The van der Waals surface area contributed by atoms with Gasteiger partial charge in [-0.3, -0.25) is 10.2 Å². The van der Waals surface area contributed by atoms with Gasteiger partial charge in [0.1, 0.15) is 0 Å². The molecule has 1 amide bonds. The number of carbonyl (C=O) groups is 1. The first-order chi connectivity index (χ1) is 7.20. The van der Waals surface area contributed by atoms with Crippen LogP contribution in [0.25, 0.3) is 0 Å². The Balaban J connectivity index is 1.93. The molecule has 1 aliphatic rings. The smallest absolute Gasteiger partial charge is 0.234 e. The van der Waals surface area contributed by atoms with Gasteiger partial charge >= 0.3 is 0 Å². The highest BCUT2D eigenvalue weighted by atomic mass is 79.9. The van der Waals surface area contributed by atoms with Gasteiger partial charge in [0.15, 0.2) is 0 Å². The molecule has 1 aliphatic carbocycles. The van der Waals surface area contributed by atoms with Crippen LogP contribution in [-0.4, -0.2) is 5.91 Å². The standard InChI is InChI=1S/C11H13BrN2O/c12-9-3-1-7(2-4-9)10-5-8(10)6-11(15)14-13/h1-4,8,10H,5-6,13H2,(H,14,15). The Bertz CT molecular complexity index is 363. The maximum atomic E-state index is 11.0. The molecule has 3 nitrogen and oxygen atoms in total. The van der Waals surface area contributed by atoms with Crippen LogP contribution >= 0.6 is 15.9 Å². The summed E-state index contributed by atoms with van der Waals surface area (Å²) in [5.74, 6) is 5.98. The van der Waals surface area contributed by atoms with Gasteiger partial charge in [0.05, 0.1) is 0 Å². The number of nitrogens with two attached hydrogens (primary N) is 1. The summed E-state index contributed by atoms with van der Waals surface area (Å²) in [5, 5.41) is 0. The van der Waals surface area contributed by atoms with Crippen molar-refractivity contribution >= 4 is 21.8 Å². The first kappa shape index (κ1) is 10.6. The third-order valence-corrected chi connectivity index (χ3v) is 3.36. The maximum absolute atomic E-state index is 11.0. The van der Waals surface area contributed by atoms with Crippen molar-refractivity contribution in [3.8, 4) is 0 Å². The highest BCUT2D eigenvalue weighted by Crippen LogP contribution is 2.49. The second-order valence-corrected chi connectivity index (χ2v) is 4.84. The van der Waals surface area contributed by atoms with Crippen LogP contribution in [0.1, 0.15) is 24.3 Å². The highest BCUT2D eigenvalue weighted by molar-refractivity contribution is 9.10. The van der Waals surface area contributed by atoms with Crippen molar-refractivity contribution in [3.63, 3.8) is 0 Å². The van der Waals surface area contributed by atoms with Gasteiger partial charge in [0.25, 0.3) is 0 Å². The fourth-order valence-electron chi connectivity index (χ4n) is 1.89. The average Bonchev–Trinajstić information content (AvgIpc) is 2.98. The van der Waals surface area contributed by atoms with E-state index in [0.29, 0.717) is 18.3 Å². The van der Waals surface area contributed by atoms with Gasteiger partial charge in [0, 0.05) is 10.9 Å². The summed E-state index contributed by atoms with van der Waals surface area (Å²) in [6.07, 6.45) is 1.63. The second-order valence-electron chi connectivity index (χ2n) is 3.93. The molecule has 80 valence electrons. The number of rotatable bonds is 3. The van der Waals surface area contributed by atoms with Crippen LogP contribution in [0, 0.1) is 5.92 Å². The molecule has 0 heterocycles. The van der Waals surface area contributed by atoms with Crippen LogP contribution in [0.2, 0.25) is 0 Å². The molecule has 0 aromatic heterocycles. The molecule has 1 fully saturated rings. The number of hydrogen-bond acceptors (Lipinski definition) is 2. The Labute approximate surface area is 97.1 Å². The van der Waals surface area contributed by atoms with E-state index in [0.717, 1.165) is 10.9 Å². The molecule has 0 saturated heterocycles. The number of hydrogen-bond donors (Lipinski definition) is 2. The lowest BCUT2D eigenvalue weighted by molar-refractivity contribution is -0.121. The zero-order chi connectivity index (χ0) is 10.8. The van der Waals surface area contributed by atoms with E-state index in [1.165, 1.54) is 5.56 Å². The van der Waals surface area contributed by atoms with Crippen molar-refractivity contribution in [2.45, 2.75) is 18.8 Å². The van der Waals surface area contributed by atoms with Crippen molar-refractivity contribution in [1.82, 2.24) is 5.43 Å². The molecule has 2 rings (SSSR count). The van der Waals surface area contributed by atoms with Crippen molar-refractivity contribution in [3.05, 3.63) is 34.3 Å². The summed E-state index contributed by atoms with van der Waals surface area (Å²) in [6, 6.07) is 8.28. The molecular formula is C11H13BrN2O. The molecule has 4 heteroatoms. The van der Waals surface area contributed by atoms with E-state index in [1.807, 2.05) is 12.1 Å². The molecule has 1 aromatic carbocycles. The number of hydrazine groups is 1. The van der Waals surface area contributed by atoms with E-state index < -0.39 is 0 Å². The van der Waals surface area contributed by atoms with E-state index in [9.17, 15) is 4.79 Å². The molecule has 2 unspecified atom stereocenters. The minimum atomic E-state index is -0.0698. The Morgan fingerprint density at radius 3 is 2.73 bits per heavy atom. The van der Waals surface area contributed by atoms with E-state index in [1.54, 1.807) is 0 Å². The SMILES string of the molecule is NNC(=O)CC1CC1c1ccc(Br)cc1. The van der Waals surface area contributed by atoms with Crippen LogP contribution < -0.4 is 11.3 Å². The number of benzene rings is 1. The van der Waals surface area contributed by atoms with Crippen molar-refractivity contribution in [1.29, 1.82) is 0 Å². The van der Waals surface area contributed by atoms with Crippen LogP contribution in [0.3, 0.4) is 0 Å². The van der Waals surface area contributed by atoms with Gasteiger partial charge < -0.3 is 0 Å². The molecular weight excluding hydrogens is 256 g/mol. The van der Waals surface area contributed by atoms with Crippen LogP contribution in [-0.2, 0) is 4.79 Å². The van der Waals surface area contributed by atoms with Gasteiger partial charge in [-0.05, 0) is 36.0 Å². The van der Waals surface area contributed by atoms with E-state index in [4.69, 9.17) is 5.84 Å². The highest BCUT2D eigenvalue weighted by Gasteiger charge is 2.39. The van der Waals surface area contributed by atoms with Gasteiger partial charge in [-0.15, -0.1) is 0 Å². The predicted octanol–water partition coefficient (Wildman–Crippen LogP) is 1.93. The second kappa shape index (κ2) is 4.33. The first-order valence-corrected chi connectivity index (χ1v) is 5.75. The lowest BCUT2D eigenvalue weighted by Gasteiger charge is -2.00. The molecule has 1 aromatic rings. The van der Waals surface area contributed by atoms with Crippen molar-refractivity contribution < 1.29 is 4.79 Å². The average molecular weight is 269 g/mol. The molecule has 0 spiro atoms. The normalized spacial score (nSPS) is 23.6. The topological polar surface area (TPSA) is 55.1 Å². The third-order valence-electron chi connectivity index (χ3n) is 2.83. The maximum Gasteiger partial charge on any atom is 0.234 e. The fraction of sp³-hybridized carbons (Fsp3) is 0.364. The number of nitrogens with one attached hydrogen (secondary N) is 1. The van der Waals surface area contributed by atoms with E-state index >= 15 is 0 Å². The summed E-state index contributed by atoms with van der Waals surface area (Å²) in [4.78, 5) is 11.0. The fourth-order valence-corrected chi connectivity index (χ4v) is 2.15. The van der Waals surface area contributed by atoms with Gasteiger partial charge in [0.2, 0.25) is 5.91 Å². The molecule has 0 radical (unpaired) electrons. The van der Waals surface area contributed by atoms with Crippen molar-refractivity contribution in [2.75, 3.05) is 0 Å². The molecule has 2 atom stereocenters. The van der Waals surface area contributed by atoms with Crippen LogP contribution in [0.4, 0.5) is 0 Å². The summed E-state index contributed by atoms with van der Waals surface area (Å²) in [6.45, 7) is 0. The molecule has 0 aliphatic heterocycles. The third kappa shape index (κ3) is 2.58. The summed E-state index contributed by atoms with van der Waals surface area (Å²) < 4.78 is 1.09. The predicted molar refractivity (Wildman–Crippen MR) is 61.9 cm³/mol. The van der Waals surface area contributed by atoms with Gasteiger partial charge in [-0.1, -0.05) is 28.1 Å². The van der Waals surface area contributed by atoms with E-state index in [-0.39, 0.29) is 5.91 Å². The Kier molecular flexibility index (Phi) is 3.07. The molecule has 15 heavy (non-hydrogen) atoms. The van der Waals surface area contributed by atoms with Crippen LogP contribution in [0.15, 0.2) is 28.7 Å². The van der Waals surface area contributed by atoms with Gasteiger partial charge in [-0.25, -0.2) is 5.84 Å². The molecule has 3 N–H and O–H groups in total. The Morgan fingerprint density at radius 2 is 2.13 bits per heavy atom. The largest absolute Gasteiger partial charge is 0.294 e. The summed E-state index contributed by atoms with van der Waals surface area (Å²) >= 11 is 3.40. The lowest BCUT2D eigenvalue weighted by atomic mass is 10.1. The number of carbonyl (C=O) groups excluding carboxylic acids is 1. The Hall–Kier alpha value is -0.870. The van der Waals surface area contributed by atoms with Crippen LogP contribution in [0.5, 0.6) is 0 Å². The lowest BCUT2D eigenvalue weighted by Crippen LogP contribution is -2.30. The first-order valence-electron chi connectivity index (χ1n) is 4.95. The Morgan fingerprint density at radius 1 is 1.47 bits per heavy atom.